The van der Waals surface area contributed by atoms with Crippen LogP contribution in [-0.2, 0) is 22.0 Å². The molecule has 38 heavy (non-hydrogen) atoms. The fraction of sp³-hybridized carbons (Fsp3) is 0.414. The van der Waals surface area contributed by atoms with Gasteiger partial charge in [-0.3, -0.25) is 9.00 Å². The number of aromatic nitrogens is 3. The minimum atomic E-state index is -0.858. The van der Waals surface area contributed by atoms with E-state index in [-0.39, 0.29) is 18.0 Å². The average molecular weight is 531 g/mol. The summed E-state index contributed by atoms with van der Waals surface area (Å²) in [7, 11) is -0.858. The van der Waals surface area contributed by atoms with Gasteiger partial charge in [-0.1, -0.05) is 11.2 Å². The molecule has 3 aliphatic heterocycles. The largest absolute Gasteiger partial charge is 0.493 e. The first kappa shape index (κ1) is 23.6. The Morgan fingerprint density at radius 2 is 1.97 bits per heavy atom. The number of carbonyl (C=O) groups excluding carboxylic acids is 1. The molecule has 9 heteroatoms. The lowest BCUT2D eigenvalue weighted by molar-refractivity contribution is -0.117. The number of imidazole rings is 1. The molecular weight excluding hydrogens is 500 g/mol. The molecule has 3 atom stereocenters. The third-order valence-electron chi connectivity index (χ3n) is 8.15. The Morgan fingerprint density at radius 1 is 1.08 bits per heavy atom. The van der Waals surface area contributed by atoms with Gasteiger partial charge in [0.05, 0.1) is 29.4 Å². The van der Waals surface area contributed by atoms with Crippen LogP contribution in [0.1, 0.15) is 60.6 Å². The van der Waals surface area contributed by atoms with Crippen LogP contribution in [-0.4, -0.2) is 42.9 Å². The minimum Gasteiger partial charge on any atom is -0.493 e. The van der Waals surface area contributed by atoms with Crippen molar-refractivity contribution in [2.75, 3.05) is 23.0 Å². The third kappa shape index (κ3) is 3.78. The highest BCUT2D eigenvalue weighted by atomic mass is 32.2. The molecule has 2 aromatic carbocycles. The van der Waals surface area contributed by atoms with E-state index in [4.69, 9.17) is 14.2 Å². The molecule has 196 valence electrons. The summed E-state index contributed by atoms with van der Waals surface area (Å²) in [6, 6.07) is 12.2. The van der Waals surface area contributed by atoms with Crippen molar-refractivity contribution >= 4 is 33.4 Å². The quantitative estimate of drug-likeness (QED) is 0.361. The second-order valence-electron chi connectivity index (χ2n) is 10.6. The van der Waals surface area contributed by atoms with E-state index in [0.29, 0.717) is 25.2 Å². The van der Waals surface area contributed by atoms with E-state index in [2.05, 4.69) is 34.0 Å². The number of carbonyl (C=O) groups is 1. The summed E-state index contributed by atoms with van der Waals surface area (Å²) in [5, 5.41) is 4.13. The van der Waals surface area contributed by atoms with Gasteiger partial charge in [-0.05, 0) is 74.6 Å². The number of benzene rings is 2. The molecule has 0 radical (unpaired) electrons. The molecular formula is C29H30N4O4S. The average Bonchev–Trinajstić information content (AvgIpc) is 3.68. The highest BCUT2D eigenvalue weighted by molar-refractivity contribution is 7.85. The third-order valence-corrected chi connectivity index (χ3v) is 9.65. The highest BCUT2D eigenvalue weighted by Gasteiger charge is 2.39. The molecule has 0 bridgehead atoms. The zero-order valence-electron chi connectivity index (χ0n) is 21.6. The summed E-state index contributed by atoms with van der Waals surface area (Å²) < 4.78 is 26.1. The lowest BCUT2D eigenvalue weighted by Gasteiger charge is -2.30. The monoisotopic (exact) mass is 530 g/mol. The predicted octanol–water partition coefficient (Wildman–Crippen LogP) is 5.19. The number of ether oxygens (including phenoxy) is 1. The zero-order chi connectivity index (χ0) is 26.0. The van der Waals surface area contributed by atoms with Crippen molar-refractivity contribution < 1.29 is 18.3 Å². The summed E-state index contributed by atoms with van der Waals surface area (Å²) in [6.45, 7) is 4.55. The van der Waals surface area contributed by atoms with Gasteiger partial charge in [0.1, 0.15) is 17.3 Å². The summed E-state index contributed by atoms with van der Waals surface area (Å²) in [6.07, 6.45) is 3.90. The number of fused-ring (bicyclic) bond motifs is 2. The van der Waals surface area contributed by atoms with E-state index in [1.807, 2.05) is 30.9 Å². The number of hydrogen-bond donors (Lipinski definition) is 0. The second-order valence-corrected chi connectivity index (χ2v) is 12.2. The summed E-state index contributed by atoms with van der Waals surface area (Å²) in [5.41, 5.74) is 6.76. The van der Waals surface area contributed by atoms with Crippen LogP contribution in [0.2, 0.25) is 0 Å². The number of amides is 1. The van der Waals surface area contributed by atoms with Gasteiger partial charge in [-0.25, -0.2) is 4.98 Å². The predicted molar refractivity (Wildman–Crippen MR) is 146 cm³/mol. The van der Waals surface area contributed by atoms with Crippen LogP contribution in [0.3, 0.4) is 0 Å². The zero-order valence-corrected chi connectivity index (χ0v) is 22.4. The van der Waals surface area contributed by atoms with Crippen molar-refractivity contribution in [3.8, 4) is 16.9 Å². The number of aryl methyl sites for hydroxylation is 2. The fourth-order valence-corrected chi connectivity index (χ4v) is 7.83. The Bertz CT molecular complexity index is 1590. The molecule has 3 aliphatic rings. The van der Waals surface area contributed by atoms with Crippen LogP contribution in [0.25, 0.3) is 22.2 Å². The van der Waals surface area contributed by atoms with Crippen LogP contribution in [0.5, 0.6) is 5.75 Å². The standard InChI is InChI=1S/C29H30N4O4S/c1-17-28(18(2)37-31-17)20-5-7-24-23(15-20)30-29(33(24)22-4-3-13-38(35)16-22)25-8-10-27(34)32(25)21-6-9-26-19(14-21)11-12-36-26/h5-7,9,14-15,22,25H,3-4,8,10-13,16H2,1-2H3/t22?,25-,38?/m0/s1. The van der Waals surface area contributed by atoms with Crippen molar-refractivity contribution in [3.05, 3.63) is 59.2 Å². The fourth-order valence-electron chi connectivity index (χ4n) is 6.43. The Balaban J connectivity index is 1.38. The Labute approximate surface area is 223 Å². The van der Waals surface area contributed by atoms with Gasteiger partial charge in [-0.2, -0.15) is 0 Å². The van der Waals surface area contributed by atoms with Crippen LogP contribution in [0.15, 0.2) is 40.9 Å². The van der Waals surface area contributed by atoms with Crippen LogP contribution in [0, 0.1) is 13.8 Å². The molecule has 2 fully saturated rings. The molecule has 0 N–H and O–H groups in total. The van der Waals surface area contributed by atoms with E-state index in [1.54, 1.807) is 0 Å². The van der Waals surface area contributed by atoms with Crippen molar-refractivity contribution in [1.29, 1.82) is 0 Å². The maximum Gasteiger partial charge on any atom is 0.227 e. The maximum absolute atomic E-state index is 13.3. The number of anilines is 1. The van der Waals surface area contributed by atoms with Gasteiger partial charge in [-0.15, -0.1) is 0 Å². The van der Waals surface area contributed by atoms with Crippen molar-refractivity contribution in [2.24, 2.45) is 0 Å². The van der Waals surface area contributed by atoms with E-state index in [0.717, 1.165) is 81.5 Å². The van der Waals surface area contributed by atoms with Gasteiger partial charge in [0.25, 0.3) is 0 Å². The first-order valence-electron chi connectivity index (χ1n) is 13.4. The first-order valence-corrected chi connectivity index (χ1v) is 14.8. The van der Waals surface area contributed by atoms with Gasteiger partial charge in [0.2, 0.25) is 5.91 Å². The van der Waals surface area contributed by atoms with Crippen molar-refractivity contribution in [2.45, 2.75) is 58.0 Å². The SMILES string of the molecule is Cc1noc(C)c1-c1ccc2c(c1)nc([C@@H]1CCC(=O)N1c1ccc3c(c1)CCO3)n2C1CCCS(=O)C1. The number of hydrogen-bond acceptors (Lipinski definition) is 6. The lowest BCUT2D eigenvalue weighted by Crippen LogP contribution is -2.31. The molecule has 8 nitrogen and oxygen atoms in total. The molecule has 0 spiro atoms. The molecule has 0 saturated carbocycles. The summed E-state index contributed by atoms with van der Waals surface area (Å²) in [4.78, 5) is 20.4. The van der Waals surface area contributed by atoms with Crippen LogP contribution in [0.4, 0.5) is 5.69 Å². The van der Waals surface area contributed by atoms with Gasteiger partial charge in [0.15, 0.2) is 0 Å². The Kier molecular flexibility index (Phi) is 5.65. The van der Waals surface area contributed by atoms with Crippen LogP contribution >= 0.6 is 0 Å². The number of rotatable bonds is 4. The van der Waals surface area contributed by atoms with Gasteiger partial charge < -0.3 is 18.7 Å². The van der Waals surface area contributed by atoms with Crippen molar-refractivity contribution in [3.63, 3.8) is 0 Å². The first-order chi connectivity index (χ1) is 18.5. The van der Waals surface area contributed by atoms with E-state index >= 15 is 0 Å². The van der Waals surface area contributed by atoms with E-state index < -0.39 is 10.8 Å². The molecule has 2 saturated heterocycles. The second kappa shape index (κ2) is 9.08. The minimum absolute atomic E-state index is 0.0838. The van der Waals surface area contributed by atoms with Gasteiger partial charge in [0, 0.05) is 52.4 Å². The van der Waals surface area contributed by atoms with Crippen LogP contribution < -0.4 is 9.64 Å². The Morgan fingerprint density at radius 3 is 2.79 bits per heavy atom. The van der Waals surface area contributed by atoms with E-state index in [1.165, 1.54) is 0 Å². The summed E-state index contributed by atoms with van der Waals surface area (Å²) >= 11 is 0. The highest BCUT2D eigenvalue weighted by Crippen LogP contribution is 2.42. The molecule has 4 aromatic rings. The molecule has 7 rings (SSSR count). The topological polar surface area (TPSA) is 90.5 Å². The van der Waals surface area contributed by atoms with Gasteiger partial charge >= 0.3 is 0 Å². The molecule has 0 aliphatic carbocycles. The molecule has 2 unspecified atom stereocenters. The lowest BCUT2D eigenvalue weighted by atomic mass is 10.0. The molecule has 5 heterocycles. The van der Waals surface area contributed by atoms with E-state index in [9.17, 15) is 9.00 Å². The maximum atomic E-state index is 13.3. The summed E-state index contributed by atoms with van der Waals surface area (Å²) in [5.74, 6) is 4.03. The molecule has 1 amide bonds. The smallest absolute Gasteiger partial charge is 0.227 e. The number of nitrogens with zero attached hydrogens (tertiary/aromatic N) is 4. The normalized spacial score (nSPS) is 23.3. The molecule has 2 aromatic heterocycles. The Hall–Kier alpha value is -3.46. The van der Waals surface area contributed by atoms with Crippen molar-refractivity contribution in [1.82, 2.24) is 14.7 Å².